The van der Waals surface area contributed by atoms with Crippen molar-refractivity contribution in [3.8, 4) is 0 Å². The van der Waals surface area contributed by atoms with E-state index in [0.29, 0.717) is 24.0 Å². The molecule has 0 radical (unpaired) electrons. The minimum absolute atomic E-state index is 0.159. The Labute approximate surface area is 244 Å². The number of nitrogens with zero attached hydrogens (tertiary/aromatic N) is 3. The molecule has 3 fully saturated rings. The molecule has 218 valence electrons. The van der Waals surface area contributed by atoms with Crippen molar-refractivity contribution in [2.45, 2.75) is 115 Å². The standard InChI is InChI=1S/C32H45ClN4O3/c1-3-35(4-2)32(39)37(25-9-6-5-7-10-25)28-20-26-16-17-27(21-28)36(26)31(38)30(34-22-29-11-8-18-40-29)19-23-12-14-24(33)15-13-23/h8,11-15,18,25-28,30,34H,3-7,9-10,16-17,19-22H2,1-2H3/t26?,27?,28?,30-/m0/s1. The monoisotopic (exact) mass is 568 g/mol. The van der Waals surface area contributed by atoms with Crippen molar-refractivity contribution >= 4 is 23.5 Å². The number of benzene rings is 1. The van der Waals surface area contributed by atoms with Gasteiger partial charge >= 0.3 is 6.03 Å². The fourth-order valence-electron chi connectivity index (χ4n) is 7.28. The van der Waals surface area contributed by atoms with Crippen molar-refractivity contribution in [2.24, 2.45) is 0 Å². The van der Waals surface area contributed by atoms with Crippen LogP contribution >= 0.6 is 11.6 Å². The molecule has 2 aromatic rings. The molecule has 0 spiro atoms. The third kappa shape index (κ3) is 6.52. The zero-order valence-electron chi connectivity index (χ0n) is 24.1. The number of carbonyl (C=O) groups excluding carboxylic acids is 2. The number of amides is 3. The maximum Gasteiger partial charge on any atom is 0.320 e. The van der Waals surface area contributed by atoms with Gasteiger partial charge in [0.2, 0.25) is 5.91 Å². The van der Waals surface area contributed by atoms with Crippen molar-refractivity contribution in [2.75, 3.05) is 13.1 Å². The number of nitrogens with one attached hydrogen (secondary N) is 1. The molecule has 1 N–H and O–H groups in total. The van der Waals surface area contributed by atoms with Crippen LogP contribution < -0.4 is 5.32 Å². The molecule has 3 aliphatic rings. The van der Waals surface area contributed by atoms with Crippen LogP contribution in [0.1, 0.15) is 83.0 Å². The highest BCUT2D eigenvalue weighted by Crippen LogP contribution is 2.40. The van der Waals surface area contributed by atoms with Gasteiger partial charge in [-0.1, -0.05) is 43.0 Å². The second kappa shape index (κ2) is 13.4. The highest BCUT2D eigenvalue weighted by molar-refractivity contribution is 6.30. The number of halogens is 1. The molecular formula is C32H45ClN4O3. The van der Waals surface area contributed by atoms with Crippen LogP contribution in [0.15, 0.2) is 47.1 Å². The lowest BCUT2D eigenvalue weighted by molar-refractivity contribution is -0.139. The van der Waals surface area contributed by atoms with Gasteiger partial charge in [-0.15, -0.1) is 0 Å². The SMILES string of the molecule is CCN(CC)C(=O)N(C1CCCCC1)C1CC2CCC(C1)N2C(=O)[C@H](Cc1ccc(Cl)cc1)NCc1ccco1. The Kier molecular flexibility index (Phi) is 9.74. The predicted octanol–water partition coefficient (Wildman–Crippen LogP) is 6.25. The Hall–Kier alpha value is -2.51. The first kappa shape index (κ1) is 29.0. The summed E-state index contributed by atoms with van der Waals surface area (Å²) in [6.45, 7) is 6.10. The smallest absolute Gasteiger partial charge is 0.320 e. The second-order valence-corrected chi connectivity index (χ2v) is 12.2. The van der Waals surface area contributed by atoms with Crippen molar-refractivity contribution in [1.29, 1.82) is 0 Å². The Bertz CT molecular complexity index is 1080. The normalized spacial score (nSPS) is 23.7. The molecule has 1 saturated carbocycles. The average molecular weight is 569 g/mol. The van der Waals surface area contributed by atoms with Gasteiger partial charge in [0.1, 0.15) is 5.76 Å². The minimum atomic E-state index is -0.363. The summed E-state index contributed by atoms with van der Waals surface area (Å²) in [7, 11) is 0. The van der Waals surface area contributed by atoms with Gasteiger partial charge < -0.3 is 19.1 Å². The first-order valence-corrected chi connectivity index (χ1v) is 15.8. The topological polar surface area (TPSA) is 69.0 Å². The lowest BCUT2D eigenvalue weighted by Crippen LogP contribution is -2.60. The van der Waals surface area contributed by atoms with Crippen molar-refractivity contribution in [1.82, 2.24) is 20.0 Å². The molecule has 2 unspecified atom stereocenters. The van der Waals surface area contributed by atoms with Gasteiger partial charge in [0.15, 0.2) is 0 Å². The molecule has 2 bridgehead atoms. The van der Waals surface area contributed by atoms with E-state index in [4.69, 9.17) is 16.0 Å². The summed E-state index contributed by atoms with van der Waals surface area (Å²) in [5.41, 5.74) is 1.07. The average Bonchev–Trinajstić information content (AvgIpc) is 3.58. The van der Waals surface area contributed by atoms with Gasteiger partial charge in [-0.25, -0.2) is 4.79 Å². The number of rotatable bonds is 10. The largest absolute Gasteiger partial charge is 0.468 e. The minimum Gasteiger partial charge on any atom is -0.468 e. The van der Waals surface area contributed by atoms with E-state index in [9.17, 15) is 9.59 Å². The Morgan fingerprint density at radius 3 is 2.25 bits per heavy atom. The maximum atomic E-state index is 14.2. The van der Waals surface area contributed by atoms with Crippen LogP contribution in [0.4, 0.5) is 4.79 Å². The van der Waals surface area contributed by atoms with E-state index in [2.05, 4.69) is 29.0 Å². The summed E-state index contributed by atoms with van der Waals surface area (Å²) in [6, 6.07) is 12.3. The van der Waals surface area contributed by atoms with Crippen LogP contribution in [0.2, 0.25) is 5.02 Å². The van der Waals surface area contributed by atoms with Crippen LogP contribution in [0.3, 0.4) is 0 Å². The van der Waals surface area contributed by atoms with E-state index in [-0.39, 0.29) is 36.1 Å². The molecule has 2 saturated heterocycles. The highest BCUT2D eigenvalue weighted by Gasteiger charge is 2.48. The Morgan fingerprint density at radius 1 is 0.975 bits per heavy atom. The van der Waals surface area contributed by atoms with Crippen LogP contribution in [0, 0.1) is 0 Å². The molecule has 2 aliphatic heterocycles. The van der Waals surface area contributed by atoms with E-state index >= 15 is 0 Å². The fraction of sp³-hybridized carbons (Fsp3) is 0.625. The number of fused-ring (bicyclic) bond motifs is 2. The molecule has 1 aliphatic carbocycles. The summed E-state index contributed by atoms with van der Waals surface area (Å²) in [5.74, 6) is 0.973. The highest BCUT2D eigenvalue weighted by atomic mass is 35.5. The van der Waals surface area contributed by atoms with E-state index in [1.807, 2.05) is 41.3 Å². The fourth-order valence-corrected chi connectivity index (χ4v) is 7.41. The van der Waals surface area contributed by atoms with E-state index in [1.54, 1.807) is 6.26 Å². The molecule has 1 aromatic carbocycles. The number of furan rings is 1. The van der Waals surface area contributed by atoms with Gasteiger partial charge in [-0.3, -0.25) is 10.1 Å². The van der Waals surface area contributed by atoms with Crippen LogP contribution in [0.5, 0.6) is 0 Å². The first-order chi connectivity index (χ1) is 19.5. The van der Waals surface area contributed by atoms with E-state index in [0.717, 1.165) is 62.9 Å². The Morgan fingerprint density at radius 2 is 1.65 bits per heavy atom. The molecule has 3 atom stereocenters. The second-order valence-electron chi connectivity index (χ2n) is 11.8. The third-order valence-electron chi connectivity index (χ3n) is 9.33. The molecule has 3 amide bonds. The van der Waals surface area contributed by atoms with Gasteiger partial charge in [0.25, 0.3) is 0 Å². The molecular weight excluding hydrogens is 524 g/mol. The number of piperidine rings is 1. The summed E-state index contributed by atoms with van der Waals surface area (Å²) in [4.78, 5) is 34.5. The maximum absolute atomic E-state index is 14.2. The van der Waals surface area contributed by atoms with Gasteiger partial charge in [-0.2, -0.15) is 0 Å². The van der Waals surface area contributed by atoms with Crippen molar-refractivity contribution in [3.63, 3.8) is 0 Å². The van der Waals surface area contributed by atoms with Crippen molar-refractivity contribution < 1.29 is 14.0 Å². The van der Waals surface area contributed by atoms with Crippen LogP contribution in [-0.2, 0) is 17.8 Å². The van der Waals surface area contributed by atoms with Gasteiger partial charge in [0.05, 0.1) is 18.8 Å². The number of urea groups is 1. The molecule has 40 heavy (non-hydrogen) atoms. The lowest BCUT2D eigenvalue weighted by atomic mass is 9.89. The molecule has 7 nitrogen and oxygen atoms in total. The van der Waals surface area contributed by atoms with Crippen LogP contribution in [0.25, 0.3) is 0 Å². The van der Waals surface area contributed by atoms with Gasteiger partial charge in [0, 0.05) is 42.3 Å². The molecule has 5 rings (SSSR count). The number of hydrogen-bond acceptors (Lipinski definition) is 4. The van der Waals surface area contributed by atoms with E-state index in [1.165, 1.54) is 19.3 Å². The van der Waals surface area contributed by atoms with Crippen molar-refractivity contribution in [3.05, 3.63) is 59.0 Å². The third-order valence-corrected chi connectivity index (χ3v) is 9.58. The summed E-state index contributed by atoms with van der Waals surface area (Å²) in [5, 5.41) is 4.19. The molecule has 8 heteroatoms. The zero-order chi connectivity index (χ0) is 28.1. The number of hydrogen-bond donors (Lipinski definition) is 1. The number of carbonyl (C=O) groups is 2. The van der Waals surface area contributed by atoms with Gasteiger partial charge in [-0.05, 0) is 88.6 Å². The Balaban J connectivity index is 1.33. The zero-order valence-corrected chi connectivity index (χ0v) is 24.8. The lowest BCUT2D eigenvalue weighted by Gasteiger charge is -2.48. The predicted molar refractivity (Wildman–Crippen MR) is 158 cm³/mol. The molecule has 3 heterocycles. The van der Waals surface area contributed by atoms with E-state index < -0.39 is 0 Å². The summed E-state index contributed by atoms with van der Waals surface area (Å²) >= 11 is 6.13. The van der Waals surface area contributed by atoms with Crippen LogP contribution in [-0.4, -0.2) is 69.9 Å². The quantitative estimate of drug-likeness (QED) is 0.368. The molecule has 1 aromatic heterocycles. The summed E-state index contributed by atoms with van der Waals surface area (Å²) < 4.78 is 5.54. The summed E-state index contributed by atoms with van der Waals surface area (Å²) in [6.07, 6.45) is 11.9. The first-order valence-electron chi connectivity index (χ1n) is 15.4.